The monoisotopic (exact) mass is 349 g/mol. The lowest BCUT2D eigenvalue weighted by molar-refractivity contribution is -0.119. The Labute approximate surface area is 142 Å². The first-order chi connectivity index (χ1) is 11.4. The quantitative estimate of drug-likeness (QED) is 0.742. The van der Waals surface area contributed by atoms with Gasteiger partial charge in [-0.25, -0.2) is 8.42 Å². The Hall–Kier alpha value is -2.15. The summed E-state index contributed by atoms with van der Waals surface area (Å²) in [7, 11) is -3.61. The van der Waals surface area contributed by atoms with Crippen molar-refractivity contribution in [1.29, 1.82) is 0 Å². The molecular weight excluding hydrogens is 326 g/mol. The molecule has 0 saturated carbocycles. The zero-order valence-corrected chi connectivity index (χ0v) is 14.8. The second kappa shape index (κ2) is 8.10. The first-order valence-electron chi connectivity index (χ1n) is 8.01. The van der Waals surface area contributed by atoms with Gasteiger partial charge in [-0.3, -0.25) is 14.1 Å². The zero-order valence-electron chi connectivity index (χ0n) is 14.0. The standard InChI is InChI=1S/C17H23N3O3S/c1-3-4-5-11-18-16(21)13-20(24(2,22)23)15-10-6-8-14-9-7-12-19-17(14)15/h6-10,12H,3-5,11,13H2,1-2H3,(H,18,21). The van der Waals surface area contributed by atoms with Crippen molar-refractivity contribution in [3.8, 4) is 0 Å². The number of hydrogen-bond acceptors (Lipinski definition) is 4. The van der Waals surface area contributed by atoms with E-state index in [-0.39, 0.29) is 12.5 Å². The minimum atomic E-state index is -3.61. The molecule has 0 bridgehead atoms. The number of carbonyl (C=O) groups is 1. The summed E-state index contributed by atoms with van der Waals surface area (Å²) in [5.74, 6) is -0.315. The Balaban J connectivity index is 2.24. The number of amides is 1. The van der Waals surface area contributed by atoms with Gasteiger partial charge in [-0.2, -0.15) is 0 Å². The van der Waals surface area contributed by atoms with Crippen molar-refractivity contribution in [3.05, 3.63) is 36.5 Å². The van der Waals surface area contributed by atoms with E-state index in [2.05, 4.69) is 17.2 Å². The highest BCUT2D eigenvalue weighted by Gasteiger charge is 2.22. The van der Waals surface area contributed by atoms with Gasteiger partial charge >= 0.3 is 0 Å². The lowest BCUT2D eigenvalue weighted by Crippen LogP contribution is -2.40. The second-order valence-electron chi connectivity index (χ2n) is 5.68. The summed E-state index contributed by atoms with van der Waals surface area (Å²) in [5.41, 5.74) is 0.975. The molecule has 0 radical (unpaired) electrons. The van der Waals surface area contributed by atoms with E-state index in [0.29, 0.717) is 17.7 Å². The van der Waals surface area contributed by atoms with Gasteiger partial charge in [0.05, 0.1) is 17.5 Å². The molecule has 2 aromatic rings. The summed E-state index contributed by atoms with van der Waals surface area (Å²) in [5, 5.41) is 3.60. The Bertz CT molecular complexity index is 800. The third-order valence-electron chi connectivity index (χ3n) is 3.67. The Morgan fingerprint density at radius 3 is 2.67 bits per heavy atom. The molecule has 1 heterocycles. The molecule has 0 atom stereocenters. The highest BCUT2D eigenvalue weighted by atomic mass is 32.2. The summed E-state index contributed by atoms with van der Waals surface area (Å²) in [4.78, 5) is 16.4. The Kier molecular flexibility index (Phi) is 6.14. The summed E-state index contributed by atoms with van der Waals surface area (Å²) in [6.45, 7) is 2.39. The number of anilines is 1. The zero-order chi connectivity index (χ0) is 17.6. The SMILES string of the molecule is CCCCCNC(=O)CN(c1cccc2cccnc12)S(C)(=O)=O. The van der Waals surface area contributed by atoms with Crippen LogP contribution in [-0.2, 0) is 14.8 Å². The minimum Gasteiger partial charge on any atom is -0.355 e. The number of carbonyl (C=O) groups excluding carboxylic acids is 1. The number of aromatic nitrogens is 1. The molecule has 0 aliphatic heterocycles. The number of nitrogens with zero attached hydrogens (tertiary/aromatic N) is 2. The fraction of sp³-hybridized carbons (Fsp3) is 0.412. The van der Waals surface area contributed by atoms with Gasteiger partial charge < -0.3 is 5.32 Å². The van der Waals surface area contributed by atoms with E-state index in [0.717, 1.165) is 35.2 Å². The number of fused-ring (bicyclic) bond motifs is 1. The van der Waals surface area contributed by atoms with Gasteiger partial charge in [-0.15, -0.1) is 0 Å². The van der Waals surface area contributed by atoms with E-state index in [1.165, 1.54) is 0 Å². The number of pyridine rings is 1. The molecule has 0 spiro atoms. The fourth-order valence-electron chi connectivity index (χ4n) is 2.46. The molecule has 24 heavy (non-hydrogen) atoms. The van der Waals surface area contributed by atoms with E-state index < -0.39 is 10.0 Å². The smallest absolute Gasteiger partial charge is 0.240 e. The molecule has 130 valence electrons. The van der Waals surface area contributed by atoms with Crippen LogP contribution in [0.4, 0.5) is 5.69 Å². The highest BCUT2D eigenvalue weighted by Crippen LogP contribution is 2.26. The summed E-state index contributed by atoms with van der Waals surface area (Å²) in [6.07, 6.45) is 5.68. The molecule has 1 N–H and O–H groups in total. The summed E-state index contributed by atoms with van der Waals surface area (Å²) in [6, 6.07) is 8.93. The number of benzene rings is 1. The van der Waals surface area contributed by atoms with Crippen molar-refractivity contribution < 1.29 is 13.2 Å². The van der Waals surface area contributed by atoms with Crippen LogP contribution < -0.4 is 9.62 Å². The van der Waals surface area contributed by atoms with Crippen molar-refractivity contribution in [2.75, 3.05) is 23.7 Å². The van der Waals surface area contributed by atoms with Crippen LogP contribution >= 0.6 is 0 Å². The molecule has 7 heteroatoms. The van der Waals surface area contributed by atoms with Gasteiger partial charge in [-0.05, 0) is 18.6 Å². The minimum absolute atomic E-state index is 0.249. The van der Waals surface area contributed by atoms with E-state index in [4.69, 9.17) is 0 Å². The molecule has 1 aromatic heterocycles. The number of nitrogens with one attached hydrogen (secondary N) is 1. The average molecular weight is 349 g/mol. The second-order valence-corrected chi connectivity index (χ2v) is 7.59. The van der Waals surface area contributed by atoms with Crippen LogP contribution in [0.15, 0.2) is 36.5 Å². The molecule has 0 fully saturated rings. The molecule has 6 nitrogen and oxygen atoms in total. The lowest BCUT2D eigenvalue weighted by Gasteiger charge is -2.22. The van der Waals surface area contributed by atoms with E-state index in [9.17, 15) is 13.2 Å². The lowest BCUT2D eigenvalue weighted by atomic mass is 10.2. The molecule has 0 aliphatic carbocycles. The summed E-state index contributed by atoms with van der Waals surface area (Å²) >= 11 is 0. The van der Waals surface area contributed by atoms with Gasteiger partial charge in [-0.1, -0.05) is 38.0 Å². The molecule has 1 amide bonds. The molecule has 0 aliphatic rings. The van der Waals surface area contributed by atoms with Crippen LogP contribution in [0, 0.1) is 0 Å². The van der Waals surface area contributed by atoms with Crippen molar-refractivity contribution in [1.82, 2.24) is 10.3 Å². The summed E-state index contributed by atoms with van der Waals surface area (Å²) < 4.78 is 25.5. The topological polar surface area (TPSA) is 79.4 Å². The maximum atomic E-state index is 12.2. The normalized spacial score (nSPS) is 11.4. The van der Waals surface area contributed by atoms with Crippen LogP contribution in [0.25, 0.3) is 10.9 Å². The highest BCUT2D eigenvalue weighted by molar-refractivity contribution is 7.92. The first-order valence-corrected chi connectivity index (χ1v) is 9.86. The van der Waals surface area contributed by atoms with Crippen molar-refractivity contribution in [2.45, 2.75) is 26.2 Å². The number of sulfonamides is 1. The Morgan fingerprint density at radius 2 is 1.96 bits per heavy atom. The van der Waals surface area contributed by atoms with Gasteiger partial charge in [0, 0.05) is 18.1 Å². The van der Waals surface area contributed by atoms with Crippen molar-refractivity contribution in [2.24, 2.45) is 0 Å². The Morgan fingerprint density at radius 1 is 1.21 bits per heavy atom. The predicted molar refractivity (Wildman–Crippen MR) is 96.5 cm³/mol. The maximum Gasteiger partial charge on any atom is 0.240 e. The van der Waals surface area contributed by atoms with Crippen molar-refractivity contribution >= 4 is 32.5 Å². The fourth-order valence-corrected chi connectivity index (χ4v) is 3.32. The predicted octanol–water partition coefficient (Wildman–Crippen LogP) is 2.31. The largest absolute Gasteiger partial charge is 0.355 e. The van der Waals surface area contributed by atoms with Gasteiger partial charge in [0.25, 0.3) is 0 Å². The number of unbranched alkanes of at least 4 members (excludes halogenated alkanes) is 2. The van der Waals surface area contributed by atoms with Crippen LogP contribution in [-0.4, -0.2) is 38.7 Å². The van der Waals surface area contributed by atoms with E-state index in [1.807, 2.05) is 12.1 Å². The van der Waals surface area contributed by atoms with Gasteiger partial charge in [0.2, 0.25) is 15.9 Å². The molecule has 1 aromatic carbocycles. The average Bonchev–Trinajstić information content (AvgIpc) is 2.55. The third kappa shape index (κ3) is 4.67. The maximum absolute atomic E-state index is 12.2. The third-order valence-corrected chi connectivity index (χ3v) is 4.80. The van der Waals surface area contributed by atoms with E-state index >= 15 is 0 Å². The van der Waals surface area contributed by atoms with Crippen molar-refractivity contribution in [3.63, 3.8) is 0 Å². The molecule has 0 unspecified atom stereocenters. The van der Waals surface area contributed by atoms with Gasteiger partial charge in [0.15, 0.2) is 0 Å². The van der Waals surface area contributed by atoms with Gasteiger partial charge in [0.1, 0.15) is 6.54 Å². The molecule has 0 saturated heterocycles. The number of hydrogen-bond donors (Lipinski definition) is 1. The molecule has 2 rings (SSSR count). The number of para-hydroxylation sites is 1. The number of rotatable bonds is 8. The van der Waals surface area contributed by atoms with Crippen LogP contribution in [0.1, 0.15) is 26.2 Å². The van der Waals surface area contributed by atoms with Crippen LogP contribution in [0.3, 0.4) is 0 Å². The van der Waals surface area contributed by atoms with Crippen LogP contribution in [0.5, 0.6) is 0 Å². The first kappa shape index (κ1) is 18.2. The molecular formula is C17H23N3O3S. The van der Waals surface area contributed by atoms with Crippen LogP contribution in [0.2, 0.25) is 0 Å². The van der Waals surface area contributed by atoms with E-state index in [1.54, 1.807) is 24.4 Å².